The summed E-state index contributed by atoms with van der Waals surface area (Å²) in [5, 5.41) is 0. The average molecular weight is 280 g/mol. The molecule has 0 spiro atoms. The SMILES string of the molecule is CC(=O)OC[C@@H](OS(C)(=O)=O)[C@]1(C)CCCCO1. The molecular weight excluding hydrogens is 260 g/mol. The summed E-state index contributed by atoms with van der Waals surface area (Å²) >= 11 is 0. The Balaban J connectivity index is 2.77. The summed E-state index contributed by atoms with van der Waals surface area (Å²) in [6.07, 6.45) is 2.71. The highest BCUT2D eigenvalue weighted by molar-refractivity contribution is 7.86. The van der Waals surface area contributed by atoms with E-state index in [9.17, 15) is 13.2 Å². The molecule has 0 aliphatic carbocycles. The second-order valence-corrected chi connectivity index (χ2v) is 6.31. The lowest BCUT2D eigenvalue weighted by molar-refractivity contribution is -0.160. The van der Waals surface area contributed by atoms with E-state index in [1.54, 1.807) is 6.92 Å². The monoisotopic (exact) mass is 280 g/mol. The Bertz CT molecular complexity index is 382. The number of esters is 1. The Hall–Kier alpha value is -0.660. The van der Waals surface area contributed by atoms with E-state index in [2.05, 4.69) is 0 Å². The van der Waals surface area contributed by atoms with Crippen molar-refractivity contribution in [3.05, 3.63) is 0 Å². The molecule has 1 saturated heterocycles. The van der Waals surface area contributed by atoms with Crippen molar-refractivity contribution in [1.29, 1.82) is 0 Å². The molecule has 1 aliphatic heterocycles. The van der Waals surface area contributed by atoms with Crippen molar-refractivity contribution >= 4 is 16.1 Å². The summed E-state index contributed by atoms with van der Waals surface area (Å²) in [7, 11) is -3.63. The second kappa shape index (κ2) is 5.99. The van der Waals surface area contributed by atoms with E-state index >= 15 is 0 Å². The van der Waals surface area contributed by atoms with Crippen LogP contribution in [-0.4, -0.2) is 45.6 Å². The highest BCUT2D eigenvalue weighted by Crippen LogP contribution is 2.30. The Morgan fingerprint density at radius 1 is 1.44 bits per heavy atom. The fourth-order valence-electron chi connectivity index (χ4n) is 1.92. The van der Waals surface area contributed by atoms with Gasteiger partial charge in [0, 0.05) is 13.5 Å². The summed E-state index contributed by atoms with van der Waals surface area (Å²) in [4.78, 5) is 10.8. The van der Waals surface area contributed by atoms with E-state index in [0.717, 1.165) is 19.1 Å². The number of carbonyl (C=O) groups excluding carboxylic acids is 1. The summed E-state index contributed by atoms with van der Waals surface area (Å²) in [6.45, 7) is 3.48. The molecule has 1 rings (SSSR count). The van der Waals surface area contributed by atoms with Crippen LogP contribution in [0.1, 0.15) is 33.1 Å². The van der Waals surface area contributed by atoms with E-state index in [1.807, 2.05) is 0 Å². The lowest BCUT2D eigenvalue weighted by atomic mass is 9.90. The van der Waals surface area contributed by atoms with Gasteiger partial charge in [-0.25, -0.2) is 0 Å². The molecule has 106 valence electrons. The minimum Gasteiger partial charge on any atom is -0.463 e. The summed E-state index contributed by atoms with van der Waals surface area (Å²) < 4.78 is 38.0. The zero-order chi connectivity index (χ0) is 13.8. The van der Waals surface area contributed by atoms with Crippen LogP contribution in [0.25, 0.3) is 0 Å². The third kappa shape index (κ3) is 4.91. The zero-order valence-electron chi connectivity index (χ0n) is 11.0. The van der Waals surface area contributed by atoms with Crippen LogP contribution in [0, 0.1) is 0 Å². The first-order valence-electron chi connectivity index (χ1n) is 5.88. The van der Waals surface area contributed by atoms with Crippen molar-refractivity contribution in [3.63, 3.8) is 0 Å². The number of ether oxygens (including phenoxy) is 2. The lowest BCUT2D eigenvalue weighted by Crippen LogP contribution is -2.49. The van der Waals surface area contributed by atoms with Gasteiger partial charge in [-0.2, -0.15) is 8.42 Å². The minimum absolute atomic E-state index is 0.126. The molecule has 0 bridgehead atoms. The molecule has 1 heterocycles. The van der Waals surface area contributed by atoms with Crippen molar-refractivity contribution in [3.8, 4) is 0 Å². The molecule has 0 N–H and O–H groups in total. The highest BCUT2D eigenvalue weighted by Gasteiger charge is 2.40. The average Bonchev–Trinajstić information content (AvgIpc) is 2.23. The van der Waals surface area contributed by atoms with Gasteiger partial charge < -0.3 is 9.47 Å². The topological polar surface area (TPSA) is 78.9 Å². The van der Waals surface area contributed by atoms with E-state index in [0.29, 0.717) is 13.0 Å². The molecular formula is C11H20O6S. The predicted molar refractivity (Wildman–Crippen MR) is 64.6 cm³/mol. The first-order chi connectivity index (χ1) is 8.23. The molecule has 18 heavy (non-hydrogen) atoms. The zero-order valence-corrected chi connectivity index (χ0v) is 11.8. The largest absolute Gasteiger partial charge is 0.463 e. The fourth-order valence-corrected chi connectivity index (χ4v) is 2.60. The first-order valence-corrected chi connectivity index (χ1v) is 7.70. The maximum Gasteiger partial charge on any atom is 0.302 e. The molecule has 7 heteroatoms. The smallest absolute Gasteiger partial charge is 0.302 e. The fraction of sp³-hybridized carbons (Fsp3) is 0.909. The number of rotatable bonds is 5. The van der Waals surface area contributed by atoms with Crippen LogP contribution in [0.5, 0.6) is 0 Å². The van der Waals surface area contributed by atoms with Crippen molar-refractivity contribution in [2.75, 3.05) is 19.5 Å². The van der Waals surface area contributed by atoms with Crippen molar-refractivity contribution in [2.24, 2.45) is 0 Å². The quantitative estimate of drug-likeness (QED) is 0.549. The molecule has 1 aliphatic rings. The molecule has 0 aromatic rings. The third-order valence-corrected chi connectivity index (χ3v) is 3.49. The normalized spacial score (nSPS) is 26.6. The standard InChI is InChI=1S/C11H20O6S/c1-9(12)15-8-10(17-18(3,13)14)11(2)6-4-5-7-16-11/h10H,4-8H2,1-3H3/t10-,11+/m1/s1. The molecule has 0 unspecified atom stereocenters. The molecule has 0 aromatic heterocycles. The third-order valence-electron chi connectivity index (χ3n) is 2.91. The summed E-state index contributed by atoms with van der Waals surface area (Å²) in [5.74, 6) is -0.475. The van der Waals surface area contributed by atoms with Crippen molar-refractivity contribution in [2.45, 2.75) is 44.8 Å². The van der Waals surface area contributed by atoms with E-state index in [-0.39, 0.29) is 6.61 Å². The Labute approximate surface area is 108 Å². The highest BCUT2D eigenvalue weighted by atomic mass is 32.2. The van der Waals surface area contributed by atoms with E-state index in [1.165, 1.54) is 6.92 Å². The molecule has 0 radical (unpaired) electrons. The van der Waals surface area contributed by atoms with Crippen LogP contribution < -0.4 is 0 Å². The Morgan fingerprint density at radius 2 is 2.11 bits per heavy atom. The van der Waals surface area contributed by atoms with E-state index in [4.69, 9.17) is 13.7 Å². The maximum atomic E-state index is 11.3. The Morgan fingerprint density at radius 3 is 2.56 bits per heavy atom. The minimum atomic E-state index is -3.63. The van der Waals surface area contributed by atoms with Crippen LogP contribution in [0.4, 0.5) is 0 Å². The van der Waals surface area contributed by atoms with Crippen LogP contribution >= 0.6 is 0 Å². The Kier molecular flexibility index (Phi) is 5.12. The molecule has 0 saturated carbocycles. The van der Waals surface area contributed by atoms with Gasteiger partial charge in [-0.05, 0) is 26.2 Å². The van der Waals surface area contributed by atoms with Gasteiger partial charge in [0.1, 0.15) is 12.7 Å². The van der Waals surface area contributed by atoms with Gasteiger partial charge in [-0.3, -0.25) is 8.98 Å². The van der Waals surface area contributed by atoms with Gasteiger partial charge in [0.25, 0.3) is 10.1 Å². The second-order valence-electron chi connectivity index (χ2n) is 4.71. The van der Waals surface area contributed by atoms with Crippen LogP contribution in [0.3, 0.4) is 0 Å². The molecule has 2 atom stereocenters. The van der Waals surface area contributed by atoms with E-state index < -0.39 is 27.8 Å². The summed E-state index contributed by atoms with van der Waals surface area (Å²) in [6, 6.07) is 0. The van der Waals surface area contributed by atoms with Crippen LogP contribution in [-0.2, 0) is 28.6 Å². The van der Waals surface area contributed by atoms with Gasteiger partial charge in [0.2, 0.25) is 0 Å². The van der Waals surface area contributed by atoms with Crippen molar-refractivity contribution < 1.29 is 26.9 Å². The number of hydrogen-bond acceptors (Lipinski definition) is 6. The van der Waals surface area contributed by atoms with Crippen molar-refractivity contribution in [1.82, 2.24) is 0 Å². The molecule has 0 aromatic carbocycles. The first kappa shape index (κ1) is 15.4. The van der Waals surface area contributed by atoms with Gasteiger partial charge in [0.15, 0.2) is 0 Å². The number of hydrogen-bond donors (Lipinski definition) is 0. The van der Waals surface area contributed by atoms with Crippen LogP contribution in [0.2, 0.25) is 0 Å². The molecule has 6 nitrogen and oxygen atoms in total. The van der Waals surface area contributed by atoms with Crippen LogP contribution in [0.15, 0.2) is 0 Å². The van der Waals surface area contributed by atoms with Gasteiger partial charge in [0.05, 0.1) is 11.9 Å². The van der Waals surface area contributed by atoms with Gasteiger partial charge >= 0.3 is 5.97 Å². The maximum absolute atomic E-state index is 11.3. The van der Waals surface area contributed by atoms with Gasteiger partial charge in [-0.15, -0.1) is 0 Å². The van der Waals surface area contributed by atoms with Gasteiger partial charge in [-0.1, -0.05) is 0 Å². The number of carbonyl (C=O) groups is 1. The molecule has 1 fully saturated rings. The predicted octanol–water partition coefficient (Wildman–Crippen LogP) is 0.853. The summed E-state index contributed by atoms with van der Waals surface area (Å²) in [5.41, 5.74) is -0.739. The molecule has 0 amide bonds. The lowest BCUT2D eigenvalue weighted by Gasteiger charge is -2.39.